The van der Waals surface area contributed by atoms with E-state index in [1.807, 2.05) is 51.1 Å². The second-order valence-corrected chi connectivity index (χ2v) is 7.05. The molecule has 0 amide bonds. The monoisotopic (exact) mass is 341 g/mol. The zero-order valence-corrected chi connectivity index (χ0v) is 15.3. The molecule has 1 heterocycles. The number of fused-ring (bicyclic) bond motifs is 1. The maximum atomic E-state index is 10.3. The number of hydrogen-bond acceptors (Lipinski definition) is 3. The molecule has 3 rings (SSSR count). The number of thiocarbonyl (C=S) groups is 1. The van der Waals surface area contributed by atoms with Crippen molar-refractivity contribution >= 4 is 22.9 Å². The van der Waals surface area contributed by atoms with Gasteiger partial charge in [-0.25, -0.2) is 0 Å². The van der Waals surface area contributed by atoms with E-state index in [0.717, 1.165) is 40.1 Å². The van der Waals surface area contributed by atoms with E-state index in [-0.39, 0.29) is 12.0 Å². The smallest absolute Gasteiger partial charge is 0.152 e. The average Bonchev–Trinajstić information content (AvgIpc) is 2.58. The lowest BCUT2D eigenvalue weighted by molar-refractivity contribution is 0.181. The largest absolute Gasteiger partial charge is 0.507 e. The summed E-state index contributed by atoms with van der Waals surface area (Å²) in [5.41, 5.74) is 4.86. The minimum Gasteiger partial charge on any atom is -0.507 e. The van der Waals surface area contributed by atoms with Gasteiger partial charge >= 0.3 is 0 Å². The molecular weight excluding hydrogens is 318 g/mol. The fraction of sp³-hybridized carbons (Fsp3) is 0.350. The molecule has 2 aromatic rings. The van der Waals surface area contributed by atoms with Crippen LogP contribution in [0.5, 0.6) is 11.5 Å². The molecule has 126 valence electrons. The molecule has 4 heteroatoms. The topological polar surface area (TPSA) is 41.5 Å². The van der Waals surface area contributed by atoms with Crippen molar-refractivity contribution < 1.29 is 9.84 Å². The van der Waals surface area contributed by atoms with E-state index in [1.165, 1.54) is 0 Å². The third-order valence-electron chi connectivity index (χ3n) is 4.93. The zero-order chi connectivity index (χ0) is 17.4. The number of phenolic OH excluding ortho intramolecular Hbond substituents is 1. The molecule has 0 bridgehead atoms. The molecule has 0 aliphatic carbocycles. The normalized spacial score (nSPS) is 19.3. The van der Waals surface area contributed by atoms with E-state index in [2.05, 4.69) is 12.2 Å². The van der Waals surface area contributed by atoms with E-state index in [9.17, 15) is 5.11 Å². The van der Waals surface area contributed by atoms with Crippen LogP contribution in [0.1, 0.15) is 29.2 Å². The van der Waals surface area contributed by atoms with Gasteiger partial charge in [-0.1, -0.05) is 37.3 Å². The Balaban J connectivity index is 1.91. The summed E-state index contributed by atoms with van der Waals surface area (Å²) in [4.78, 5) is 0.696. The highest BCUT2D eigenvalue weighted by atomic mass is 32.1. The van der Waals surface area contributed by atoms with Gasteiger partial charge in [-0.3, -0.25) is 0 Å². The molecule has 0 radical (unpaired) electrons. The first-order chi connectivity index (χ1) is 11.4. The molecule has 0 aromatic heterocycles. The van der Waals surface area contributed by atoms with Crippen molar-refractivity contribution in [3.63, 3.8) is 0 Å². The van der Waals surface area contributed by atoms with Gasteiger partial charge < -0.3 is 15.2 Å². The van der Waals surface area contributed by atoms with Crippen molar-refractivity contribution in [2.45, 2.75) is 40.2 Å². The van der Waals surface area contributed by atoms with Crippen LogP contribution in [0.25, 0.3) is 0 Å². The number of ether oxygens (including phenoxy) is 1. The Bertz CT molecular complexity index is 786. The highest BCUT2D eigenvalue weighted by Gasteiger charge is 2.33. The van der Waals surface area contributed by atoms with E-state index in [4.69, 9.17) is 17.0 Å². The first-order valence-electron chi connectivity index (χ1n) is 8.24. The zero-order valence-electron chi connectivity index (χ0n) is 14.5. The quantitative estimate of drug-likeness (QED) is 0.777. The number of aromatic hydroxyl groups is 1. The molecule has 0 fully saturated rings. The highest BCUT2D eigenvalue weighted by Crippen LogP contribution is 2.42. The Morgan fingerprint density at radius 2 is 1.79 bits per heavy atom. The number of nitrogens with one attached hydrogen (secondary N) is 1. The van der Waals surface area contributed by atoms with Crippen molar-refractivity contribution in [2.24, 2.45) is 5.92 Å². The van der Waals surface area contributed by atoms with Gasteiger partial charge in [0.25, 0.3) is 0 Å². The van der Waals surface area contributed by atoms with E-state index >= 15 is 0 Å². The summed E-state index contributed by atoms with van der Waals surface area (Å²) in [6.45, 7) is 8.01. The van der Waals surface area contributed by atoms with Gasteiger partial charge in [0.2, 0.25) is 0 Å². The SMILES string of the molecule is Cc1c(C)c2c(c(C)c1O)CC(C)C(C(=S)Nc1ccccc1)O2. The van der Waals surface area contributed by atoms with Crippen LogP contribution in [0.2, 0.25) is 0 Å². The van der Waals surface area contributed by atoms with Crippen molar-refractivity contribution in [1.82, 2.24) is 0 Å². The van der Waals surface area contributed by atoms with Crippen LogP contribution in [0.3, 0.4) is 0 Å². The first kappa shape index (κ1) is 16.8. The predicted molar refractivity (Wildman–Crippen MR) is 102 cm³/mol. The van der Waals surface area contributed by atoms with Crippen molar-refractivity contribution in [1.29, 1.82) is 0 Å². The average molecular weight is 341 g/mol. The maximum Gasteiger partial charge on any atom is 0.152 e. The van der Waals surface area contributed by atoms with Gasteiger partial charge in [-0.2, -0.15) is 0 Å². The molecule has 3 nitrogen and oxygen atoms in total. The third kappa shape index (κ3) is 2.86. The van der Waals surface area contributed by atoms with Crippen LogP contribution in [0.15, 0.2) is 30.3 Å². The van der Waals surface area contributed by atoms with Crippen molar-refractivity contribution in [3.05, 3.63) is 52.6 Å². The van der Waals surface area contributed by atoms with Crippen molar-refractivity contribution in [3.8, 4) is 11.5 Å². The molecular formula is C20H23NO2S. The number of rotatable bonds is 2. The minimum absolute atomic E-state index is 0.172. The van der Waals surface area contributed by atoms with Crippen molar-refractivity contribution in [2.75, 3.05) is 5.32 Å². The Morgan fingerprint density at radius 3 is 2.46 bits per heavy atom. The van der Waals surface area contributed by atoms with Crippen LogP contribution in [-0.4, -0.2) is 16.2 Å². The van der Waals surface area contributed by atoms with E-state index in [1.54, 1.807) is 0 Å². The van der Waals surface area contributed by atoms with Gasteiger partial charge in [-0.05, 0) is 56.0 Å². The molecule has 0 saturated heterocycles. The van der Waals surface area contributed by atoms with Gasteiger partial charge in [-0.15, -0.1) is 0 Å². The standard InChI is InChI=1S/C20H23NO2S/c1-11-10-16-14(4)17(22)12(2)13(3)19(16)23-18(11)20(24)21-15-8-6-5-7-9-15/h5-9,11,18,22H,10H2,1-4H3,(H,21,24). The van der Waals surface area contributed by atoms with E-state index < -0.39 is 0 Å². The lowest BCUT2D eigenvalue weighted by Gasteiger charge is -2.34. The van der Waals surface area contributed by atoms with Gasteiger partial charge in [0.05, 0.1) is 0 Å². The Labute approximate surface area is 148 Å². The molecule has 2 unspecified atom stereocenters. The summed E-state index contributed by atoms with van der Waals surface area (Å²) >= 11 is 5.61. The minimum atomic E-state index is -0.172. The molecule has 0 spiro atoms. The number of benzene rings is 2. The van der Waals surface area contributed by atoms with Gasteiger partial charge in [0.1, 0.15) is 16.5 Å². The summed E-state index contributed by atoms with van der Waals surface area (Å²) in [7, 11) is 0. The molecule has 1 aliphatic rings. The highest BCUT2D eigenvalue weighted by molar-refractivity contribution is 7.80. The Kier molecular flexibility index (Phi) is 4.50. The molecule has 2 atom stereocenters. The summed E-state index contributed by atoms with van der Waals surface area (Å²) in [6, 6.07) is 9.92. The second kappa shape index (κ2) is 6.44. The molecule has 0 saturated carbocycles. The number of para-hydroxylation sites is 1. The van der Waals surface area contributed by atoms with Crippen LogP contribution in [-0.2, 0) is 6.42 Å². The molecule has 2 N–H and O–H groups in total. The number of hydrogen-bond donors (Lipinski definition) is 2. The van der Waals surface area contributed by atoms with Crippen LogP contribution in [0.4, 0.5) is 5.69 Å². The Hall–Kier alpha value is -2.07. The summed E-state index contributed by atoms with van der Waals surface area (Å²) in [5.74, 6) is 1.50. The maximum absolute atomic E-state index is 10.3. The predicted octanol–water partition coefficient (Wildman–Crippen LogP) is 4.70. The molecule has 2 aromatic carbocycles. The van der Waals surface area contributed by atoms with Crippen LogP contribution < -0.4 is 10.1 Å². The number of anilines is 1. The molecule has 24 heavy (non-hydrogen) atoms. The van der Waals surface area contributed by atoms with E-state index in [0.29, 0.717) is 10.7 Å². The molecule has 1 aliphatic heterocycles. The second-order valence-electron chi connectivity index (χ2n) is 6.61. The first-order valence-corrected chi connectivity index (χ1v) is 8.65. The lowest BCUT2D eigenvalue weighted by atomic mass is 9.86. The van der Waals surface area contributed by atoms with Gasteiger partial charge in [0, 0.05) is 17.2 Å². The fourth-order valence-electron chi connectivity index (χ4n) is 3.29. The lowest BCUT2D eigenvalue weighted by Crippen LogP contribution is -2.41. The summed E-state index contributed by atoms with van der Waals surface area (Å²) in [5, 5.41) is 13.6. The van der Waals surface area contributed by atoms with Crippen LogP contribution >= 0.6 is 12.2 Å². The summed E-state index contributed by atoms with van der Waals surface area (Å²) in [6.07, 6.45) is 0.673. The van der Waals surface area contributed by atoms with Gasteiger partial charge in [0.15, 0.2) is 6.10 Å². The van der Waals surface area contributed by atoms with Crippen LogP contribution in [0, 0.1) is 26.7 Å². The Morgan fingerprint density at radius 1 is 1.12 bits per heavy atom. The summed E-state index contributed by atoms with van der Waals surface area (Å²) < 4.78 is 6.31. The third-order valence-corrected chi connectivity index (χ3v) is 5.26. The fourth-order valence-corrected chi connectivity index (χ4v) is 3.69. The number of phenols is 1.